The van der Waals surface area contributed by atoms with Gasteiger partial charge < -0.3 is 0 Å². The Labute approximate surface area is 103 Å². The molecule has 0 atom stereocenters. The third kappa shape index (κ3) is 4.77. The molecule has 0 unspecified atom stereocenters. The van der Waals surface area contributed by atoms with Crippen LogP contribution < -0.4 is 0 Å². The Hall–Kier alpha value is -0.600. The number of hydrogen-bond acceptors (Lipinski definition) is 6. The molecule has 0 heterocycles. The molecule has 0 aromatic carbocycles. The van der Waals surface area contributed by atoms with E-state index in [0.29, 0.717) is 0 Å². The second kappa shape index (κ2) is 4.75. The van der Waals surface area contributed by atoms with Crippen molar-refractivity contribution in [3.8, 4) is 0 Å². The molecule has 0 aromatic heterocycles. The molecule has 0 aromatic rings. The summed E-state index contributed by atoms with van der Waals surface area (Å²) in [7, 11) is -12.7. The summed E-state index contributed by atoms with van der Waals surface area (Å²) in [5.74, 6) is -3.23. The minimum atomic E-state index is -6.33. The zero-order valence-corrected chi connectivity index (χ0v) is 10.7. The lowest BCUT2D eigenvalue weighted by atomic mass is 10.4. The van der Waals surface area contributed by atoms with E-state index in [1.54, 1.807) is 0 Å². The predicted octanol–water partition coefficient (Wildman–Crippen LogP) is 1.45. The smallest absolute Gasteiger partial charge is 0.228 e. The number of halogens is 6. The molecular weight excluding hydrogens is 334 g/mol. The first-order valence-electron chi connectivity index (χ1n) is 3.95. The second-order valence-electron chi connectivity index (χ2n) is 3.37. The summed E-state index contributed by atoms with van der Waals surface area (Å²) in [6.45, 7) is 0.499. The van der Waals surface area contributed by atoms with Crippen LogP contribution in [0, 0.1) is 0 Å². The van der Waals surface area contributed by atoms with E-state index in [9.17, 15) is 43.2 Å². The fourth-order valence-electron chi connectivity index (χ4n) is 0.637. The average molecular weight is 340 g/mol. The Bertz CT molecular complexity index is 477. The van der Waals surface area contributed by atoms with E-state index in [-0.39, 0.29) is 13.8 Å². The van der Waals surface area contributed by atoms with Crippen LogP contribution in [0.5, 0.6) is 0 Å². The Morgan fingerprint density at radius 3 is 1.05 bits per heavy atom. The lowest BCUT2D eigenvalue weighted by Crippen LogP contribution is -2.41. The minimum absolute atomic E-state index is 0.250. The molecule has 0 spiro atoms. The van der Waals surface area contributed by atoms with Crippen LogP contribution in [0.2, 0.25) is 0 Å². The monoisotopic (exact) mass is 340 g/mol. The average Bonchev–Trinajstić information content (AvgIpc) is 1.93. The van der Waals surface area contributed by atoms with E-state index in [2.05, 4.69) is 8.37 Å². The van der Waals surface area contributed by atoms with Crippen LogP contribution in [0.3, 0.4) is 0 Å². The molecule has 0 radical (unpaired) electrons. The molecule has 116 valence electrons. The standard InChI is InChI=1S/C5H6F6O6S2/c1-3(2,16-18(12,13)4(6,7)8)17-19(14,15)5(9,10)11/h1-2H3. The number of hydrogen-bond donors (Lipinski definition) is 0. The van der Waals surface area contributed by atoms with Gasteiger partial charge in [-0.05, 0) is 13.8 Å². The van der Waals surface area contributed by atoms with Gasteiger partial charge in [-0.25, -0.2) is 8.37 Å². The maximum Gasteiger partial charge on any atom is 0.523 e. The third-order valence-corrected chi connectivity index (χ3v) is 3.56. The highest BCUT2D eigenvalue weighted by Crippen LogP contribution is 2.33. The molecule has 6 nitrogen and oxygen atoms in total. The first-order valence-corrected chi connectivity index (χ1v) is 6.77. The summed E-state index contributed by atoms with van der Waals surface area (Å²) in [4.78, 5) is 0. The van der Waals surface area contributed by atoms with Gasteiger partial charge >= 0.3 is 31.3 Å². The zero-order chi connectivity index (χ0) is 15.9. The molecule has 0 fully saturated rings. The molecule has 14 heteroatoms. The van der Waals surface area contributed by atoms with Crippen molar-refractivity contribution in [3.05, 3.63) is 0 Å². The highest BCUT2D eigenvalue weighted by molar-refractivity contribution is 7.88. The van der Waals surface area contributed by atoms with E-state index in [4.69, 9.17) is 0 Å². The normalized spacial score (nSPS) is 15.6. The van der Waals surface area contributed by atoms with Crippen molar-refractivity contribution >= 4 is 20.2 Å². The topological polar surface area (TPSA) is 86.7 Å². The number of alkyl halides is 6. The van der Waals surface area contributed by atoms with Gasteiger partial charge in [0.05, 0.1) is 0 Å². The van der Waals surface area contributed by atoms with Crippen LogP contribution in [0.1, 0.15) is 13.8 Å². The summed E-state index contributed by atoms with van der Waals surface area (Å²) in [5.41, 5.74) is -11.9. The van der Waals surface area contributed by atoms with Gasteiger partial charge in [0.25, 0.3) is 0 Å². The van der Waals surface area contributed by atoms with Crippen molar-refractivity contribution in [2.75, 3.05) is 0 Å². The zero-order valence-electron chi connectivity index (χ0n) is 9.03. The Morgan fingerprint density at radius 2 is 0.895 bits per heavy atom. The van der Waals surface area contributed by atoms with Crippen molar-refractivity contribution in [1.82, 2.24) is 0 Å². The number of rotatable bonds is 4. The van der Waals surface area contributed by atoms with Crippen molar-refractivity contribution in [2.24, 2.45) is 0 Å². The van der Waals surface area contributed by atoms with Crippen LogP contribution in [0.4, 0.5) is 26.3 Å². The molecule has 0 aliphatic heterocycles. The molecule has 0 N–H and O–H groups in total. The Kier molecular flexibility index (Phi) is 4.60. The van der Waals surface area contributed by atoms with Gasteiger partial charge in [-0.15, -0.1) is 0 Å². The highest BCUT2D eigenvalue weighted by Gasteiger charge is 2.55. The maximum absolute atomic E-state index is 11.9. The van der Waals surface area contributed by atoms with E-state index < -0.39 is 37.0 Å². The first kappa shape index (κ1) is 18.4. The van der Waals surface area contributed by atoms with Crippen molar-refractivity contribution in [3.63, 3.8) is 0 Å². The lowest BCUT2D eigenvalue weighted by Gasteiger charge is -2.24. The quantitative estimate of drug-likeness (QED) is 0.333. The van der Waals surface area contributed by atoms with E-state index in [0.717, 1.165) is 0 Å². The molecule has 0 saturated heterocycles. The summed E-state index contributed by atoms with van der Waals surface area (Å²) >= 11 is 0. The fraction of sp³-hybridized carbons (Fsp3) is 1.00. The van der Waals surface area contributed by atoms with Gasteiger partial charge in [0.2, 0.25) is 0 Å². The molecule has 0 amide bonds. The lowest BCUT2D eigenvalue weighted by molar-refractivity contribution is -0.122. The molecule has 0 aliphatic carbocycles. The molecule has 0 bridgehead atoms. The molecule has 0 rings (SSSR count). The van der Waals surface area contributed by atoms with Crippen LogP contribution in [0.15, 0.2) is 0 Å². The van der Waals surface area contributed by atoms with Gasteiger partial charge in [0, 0.05) is 0 Å². The van der Waals surface area contributed by atoms with Crippen LogP contribution in [-0.4, -0.2) is 33.6 Å². The van der Waals surface area contributed by atoms with Gasteiger partial charge in [0.15, 0.2) is 5.79 Å². The largest absolute Gasteiger partial charge is 0.523 e. The Balaban J connectivity index is 5.27. The molecule has 0 aliphatic rings. The van der Waals surface area contributed by atoms with E-state index in [1.165, 1.54) is 0 Å². The van der Waals surface area contributed by atoms with Crippen molar-refractivity contribution in [1.29, 1.82) is 0 Å². The molecular formula is C5H6F6O6S2. The fourth-order valence-corrected chi connectivity index (χ4v) is 1.99. The van der Waals surface area contributed by atoms with Gasteiger partial charge in [-0.1, -0.05) is 0 Å². The second-order valence-corrected chi connectivity index (χ2v) is 6.44. The summed E-state index contributed by atoms with van der Waals surface area (Å²) in [6, 6.07) is 0. The van der Waals surface area contributed by atoms with Crippen LogP contribution >= 0.6 is 0 Å². The highest BCUT2D eigenvalue weighted by atomic mass is 32.2. The van der Waals surface area contributed by atoms with Crippen molar-refractivity contribution < 1.29 is 51.5 Å². The van der Waals surface area contributed by atoms with Gasteiger partial charge in [-0.2, -0.15) is 43.2 Å². The van der Waals surface area contributed by atoms with Crippen LogP contribution in [0.25, 0.3) is 0 Å². The molecule has 0 saturated carbocycles. The third-order valence-electron chi connectivity index (χ3n) is 1.19. The van der Waals surface area contributed by atoms with Gasteiger partial charge in [-0.3, -0.25) is 0 Å². The van der Waals surface area contributed by atoms with Crippen molar-refractivity contribution in [2.45, 2.75) is 30.7 Å². The molecule has 19 heavy (non-hydrogen) atoms. The van der Waals surface area contributed by atoms with Crippen LogP contribution in [-0.2, 0) is 28.6 Å². The first-order chi connectivity index (χ1) is 7.91. The maximum atomic E-state index is 11.9. The summed E-state index contributed by atoms with van der Waals surface area (Å²) in [6.07, 6.45) is 0. The predicted molar refractivity (Wildman–Crippen MR) is 46.2 cm³/mol. The van der Waals surface area contributed by atoms with E-state index in [1.807, 2.05) is 0 Å². The van der Waals surface area contributed by atoms with E-state index >= 15 is 0 Å². The Morgan fingerprint density at radius 1 is 0.684 bits per heavy atom. The minimum Gasteiger partial charge on any atom is -0.228 e. The van der Waals surface area contributed by atoms with Gasteiger partial charge in [0.1, 0.15) is 0 Å². The summed E-state index contributed by atoms with van der Waals surface area (Å²) in [5, 5.41) is 0. The SMILES string of the molecule is CC(C)(OS(=O)(=O)C(F)(F)F)OS(=O)(=O)C(F)(F)F. The summed E-state index contributed by atoms with van der Waals surface area (Å²) < 4.78 is 120.